The van der Waals surface area contributed by atoms with Crippen LogP contribution in [0.1, 0.15) is 35.6 Å². The van der Waals surface area contributed by atoms with Gasteiger partial charge in [-0.15, -0.1) is 0 Å². The summed E-state index contributed by atoms with van der Waals surface area (Å²) in [6.07, 6.45) is 3.30. The van der Waals surface area contributed by atoms with Crippen LogP contribution in [0, 0.1) is 11.8 Å². The number of aliphatic imine (C=N–C) groups is 1. The summed E-state index contributed by atoms with van der Waals surface area (Å²) in [5.41, 5.74) is 10.3. The summed E-state index contributed by atoms with van der Waals surface area (Å²) in [5, 5.41) is 3.48. The molecule has 0 heterocycles. The van der Waals surface area contributed by atoms with Gasteiger partial charge >= 0.3 is 0 Å². The van der Waals surface area contributed by atoms with Crippen LogP contribution in [0.4, 0.5) is 5.69 Å². The second-order valence-corrected chi connectivity index (χ2v) is 7.44. The number of carbonyl (C=O) groups excluding carboxylic acids is 1. The highest BCUT2D eigenvalue weighted by Crippen LogP contribution is 2.13. The van der Waals surface area contributed by atoms with Gasteiger partial charge in [0.25, 0.3) is 0 Å². The molecular weight excluding hydrogens is 410 g/mol. The molecule has 0 aromatic heterocycles. The predicted octanol–water partition coefficient (Wildman–Crippen LogP) is 3.96. The van der Waals surface area contributed by atoms with E-state index in [2.05, 4.69) is 34.1 Å². The van der Waals surface area contributed by atoms with Gasteiger partial charge in [-0.05, 0) is 41.8 Å². The van der Waals surface area contributed by atoms with Crippen LogP contribution < -0.4 is 11.6 Å². The molecule has 0 radical (unpaired) electrons. The number of hydrazone groups is 1. The van der Waals surface area contributed by atoms with Gasteiger partial charge in [-0.3, -0.25) is 9.69 Å². The van der Waals surface area contributed by atoms with Crippen molar-refractivity contribution in [3.05, 3.63) is 101 Å². The number of benzene rings is 3. The van der Waals surface area contributed by atoms with Crippen molar-refractivity contribution in [2.75, 3.05) is 0 Å². The van der Waals surface area contributed by atoms with E-state index in [9.17, 15) is 4.79 Å². The fraction of sp³-hybridized carbons (Fsp3) is 0.148. The zero-order valence-corrected chi connectivity index (χ0v) is 18.6. The average molecular weight is 438 g/mol. The lowest BCUT2D eigenvalue weighted by atomic mass is 10.1. The summed E-state index contributed by atoms with van der Waals surface area (Å²) in [6.45, 7) is 1.90. The van der Waals surface area contributed by atoms with Gasteiger partial charge in [0, 0.05) is 24.5 Å². The fourth-order valence-corrected chi connectivity index (χ4v) is 3.07. The number of nitrogens with two attached hydrogens (primary N) is 2. The van der Waals surface area contributed by atoms with Crippen molar-refractivity contribution < 1.29 is 4.79 Å². The minimum Gasteiger partial charge on any atom is -0.382 e. The molecule has 4 N–H and O–H groups in total. The van der Waals surface area contributed by atoms with Crippen LogP contribution in [0.15, 0.2) is 89.0 Å². The van der Waals surface area contributed by atoms with Crippen LogP contribution >= 0.6 is 0 Å². The summed E-state index contributed by atoms with van der Waals surface area (Å²) in [6, 6.07) is 25.4. The zero-order valence-electron chi connectivity index (χ0n) is 18.6. The molecule has 3 aromatic rings. The summed E-state index contributed by atoms with van der Waals surface area (Å²) in [4.78, 5) is 18.0. The van der Waals surface area contributed by atoms with Gasteiger partial charge in [0.1, 0.15) is 5.84 Å². The second kappa shape index (κ2) is 11.9. The van der Waals surface area contributed by atoms with E-state index >= 15 is 0 Å². The molecule has 0 aliphatic rings. The van der Waals surface area contributed by atoms with E-state index in [1.54, 1.807) is 11.2 Å². The van der Waals surface area contributed by atoms with Gasteiger partial charge in [0.05, 0.1) is 18.6 Å². The lowest BCUT2D eigenvalue weighted by Crippen LogP contribution is -2.26. The highest BCUT2D eigenvalue weighted by Gasteiger charge is 2.08. The van der Waals surface area contributed by atoms with E-state index in [0.717, 1.165) is 35.2 Å². The van der Waals surface area contributed by atoms with Gasteiger partial charge in [-0.25, -0.2) is 4.99 Å². The van der Waals surface area contributed by atoms with Crippen molar-refractivity contribution in [1.82, 2.24) is 4.90 Å². The highest BCUT2D eigenvalue weighted by molar-refractivity contribution is 5.97. The Balaban J connectivity index is 1.57. The molecule has 0 aliphatic heterocycles. The van der Waals surface area contributed by atoms with E-state index < -0.39 is 0 Å². The fourth-order valence-electron chi connectivity index (χ4n) is 3.07. The summed E-state index contributed by atoms with van der Waals surface area (Å²) < 4.78 is 0. The Morgan fingerprint density at radius 1 is 0.970 bits per heavy atom. The van der Waals surface area contributed by atoms with E-state index in [0.29, 0.717) is 6.54 Å². The molecule has 0 fully saturated rings. The Labute approximate surface area is 194 Å². The lowest BCUT2D eigenvalue weighted by molar-refractivity contribution is -0.125. The summed E-state index contributed by atoms with van der Waals surface area (Å²) in [5.74, 6) is 11.8. The van der Waals surface area contributed by atoms with E-state index in [-0.39, 0.29) is 11.7 Å². The molecule has 0 spiro atoms. The quantitative estimate of drug-likeness (QED) is 0.192. The Morgan fingerprint density at radius 3 is 2.30 bits per heavy atom. The molecular formula is C27H27N5O. The van der Waals surface area contributed by atoms with Crippen LogP contribution in [-0.4, -0.2) is 23.0 Å². The first kappa shape index (κ1) is 23.3. The third-order valence-electron chi connectivity index (χ3n) is 4.97. The van der Waals surface area contributed by atoms with Crippen molar-refractivity contribution in [2.45, 2.75) is 26.3 Å². The molecule has 0 unspecified atom stereocenters. The third-order valence-corrected chi connectivity index (χ3v) is 4.97. The van der Waals surface area contributed by atoms with Gasteiger partial charge in [-0.1, -0.05) is 66.4 Å². The molecule has 166 valence electrons. The number of amides is 1. The summed E-state index contributed by atoms with van der Waals surface area (Å²) in [7, 11) is 0. The monoisotopic (exact) mass is 437 g/mol. The Morgan fingerprint density at radius 2 is 1.67 bits per heavy atom. The van der Waals surface area contributed by atoms with E-state index in [1.165, 1.54) is 12.5 Å². The van der Waals surface area contributed by atoms with Crippen LogP contribution in [0.3, 0.4) is 0 Å². The number of hydrogen-bond donors (Lipinski definition) is 2. The van der Waals surface area contributed by atoms with Crippen LogP contribution in [0.5, 0.6) is 0 Å². The van der Waals surface area contributed by atoms with E-state index in [1.807, 2.05) is 66.7 Å². The minimum atomic E-state index is -0.105. The molecule has 3 rings (SSSR count). The normalized spacial score (nSPS) is 11.1. The minimum absolute atomic E-state index is 0.105. The average Bonchev–Trinajstić information content (AvgIpc) is 2.85. The molecule has 0 bridgehead atoms. The van der Waals surface area contributed by atoms with Gasteiger partial charge in [-0.2, -0.15) is 5.10 Å². The first-order chi connectivity index (χ1) is 16.0. The number of amidine groups is 1. The Bertz CT molecular complexity index is 1170. The van der Waals surface area contributed by atoms with E-state index in [4.69, 9.17) is 11.6 Å². The third kappa shape index (κ3) is 7.37. The number of rotatable bonds is 7. The molecule has 1 amide bonds. The number of nitrogens with zero attached hydrogens (tertiary/aromatic N) is 3. The van der Waals surface area contributed by atoms with Gasteiger partial charge in [0.15, 0.2) is 0 Å². The van der Waals surface area contributed by atoms with Crippen molar-refractivity contribution in [3.8, 4) is 11.8 Å². The number of carbonyl (C=O) groups is 1. The number of hydrogen-bond acceptors (Lipinski definition) is 4. The standard InChI is InChI=1S/C27H27N5O/c1-21(33)32(19-24-11-15-25(16-12-24)27(28)31-29)20-30-26-17-13-23(14-18-26)10-6-5-9-22-7-3-2-4-8-22/h2-4,7-8,11-18,20H,5,9,19,29H2,1H3,(H2,28,31). The molecule has 33 heavy (non-hydrogen) atoms. The Kier molecular flexibility index (Phi) is 8.38. The maximum absolute atomic E-state index is 12.1. The molecule has 6 heteroatoms. The second-order valence-electron chi connectivity index (χ2n) is 7.44. The van der Waals surface area contributed by atoms with Crippen LogP contribution in [0.2, 0.25) is 0 Å². The van der Waals surface area contributed by atoms with Crippen molar-refractivity contribution >= 4 is 23.8 Å². The first-order valence-electron chi connectivity index (χ1n) is 10.6. The van der Waals surface area contributed by atoms with Crippen LogP contribution in [0.25, 0.3) is 0 Å². The highest BCUT2D eigenvalue weighted by atomic mass is 16.2. The topological polar surface area (TPSA) is 97.1 Å². The van der Waals surface area contributed by atoms with Gasteiger partial charge < -0.3 is 11.6 Å². The molecule has 0 saturated heterocycles. The van der Waals surface area contributed by atoms with Crippen molar-refractivity contribution in [2.24, 2.45) is 21.7 Å². The van der Waals surface area contributed by atoms with Crippen molar-refractivity contribution in [3.63, 3.8) is 0 Å². The predicted molar refractivity (Wildman–Crippen MR) is 134 cm³/mol. The van der Waals surface area contributed by atoms with Gasteiger partial charge in [0.2, 0.25) is 5.91 Å². The molecule has 6 nitrogen and oxygen atoms in total. The summed E-state index contributed by atoms with van der Waals surface area (Å²) >= 11 is 0. The maximum atomic E-state index is 12.1. The number of aryl methyl sites for hydroxylation is 1. The zero-order chi connectivity index (χ0) is 23.5. The first-order valence-corrected chi connectivity index (χ1v) is 10.6. The molecule has 0 saturated carbocycles. The maximum Gasteiger partial charge on any atom is 0.224 e. The van der Waals surface area contributed by atoms with Crippen molar-refractivity contribution in [1.29, 1.82) is 0 Å². The smallest absolute Gasteiger partial charge is 0.224 e. The van der Waals surface area contributed by atoms with Crippen LogP contribution in [-0.2, 0) is 17.8 Å². The molecule has 0 atom stereocenters. The molecule has 0 aliphatic carbocycles. The largest absolute Gasteiger partial charge is 0.382 e. The Hall–Kier alpha value is -4.37. The molecule has 3 aromatic carbocycles. The lowest BCUT2D eigenvalue weighted by Gasteiger charge is -2.15. The SMILES string of the molecule is CC(=O)N(C=Nc1ccc(C#CCCc2ccccc2)cc1)Cc1ccc(/C(N)=N/N)cc1.